The Hall–Kier alpha value is -0.890. The zero-order chi connectivity index (χ0) is 10.5. The van der Waals surface area contributed by atoms with Gasteiger partial charge in [-0.3, -0.25) is 0 Å². The van der Waals surface area contributed by atoms with E-state index < -0.39 is 0 Å². The number of rotatable bonds is 1. The fourth-order valence-corrected chi connectivity index (χ4v) is 3.04. The number of halogens is 1. The second-order valence-corrected chi connectivity index (χ2v) is 4.86. The van der Waals surface area contributed by atoms with Gasteiger partial charge in [-0.15, -0.1) is 0 Å². The third-order valence-electron chi connectivity index (χ3n) is 4.07. The summed E-state index contributed by atoms with van der Waals surface area (Å²) in [6.07, 6.45) is 4.65. The molecule has 80 valence electrons. The zero-order valence-corrected chi connectivity index (χ0v) is 9.02. The Labute approximate surface area is 89.7 Å². The van der Waals surface area contributed by atoms with E-state index in [9.17, 15) is 4.39 Å². The Morgan fingerprint density at radius 2 is 2.13 bits per heavy atom. The summed E-state index contributed by atoms with van der Waals surface area (Å²) in [5.41, 5.74) is 2.42. The Bertz CT molecular complexity index is 396. The molecule has 0 saturated heterocycles. The van der Waals surface area contributed by atoms with Crippen LogP contribution in [0.5, 0.6) is 0 Å². The summed E-state index contributed by atoms with van der Waals surface area (Å²) < 4.78 is 13.9. The first-order chi connectivity index (χ1) is 7.27. The van der Waals surface area contributed by atoms with Crippen LogP contribution in [0.15, 0.2) is 18.2 Å². The fourth-order valence-electron chi connectivity index (χ4n) is 3.04. The lowest BCUT2D eigenvalue weighted by Gasteiger charge is -2.31. The monoisotopic (exact) mass is 205 g/mol. The lowest BCUT2D eigenvalue weighted by Crippen LogP contribution is -2.28. The van der Waals surface area contributed by atoms with Gasteiger partial charge in [-0.25, -0.2) is 4.39 Å². The standard InChI is InChI=1S/C13H16FN/c1-15-11-5-6-13(7-8-13)12-9(11)3-2-4-10(12)14/h2-4,11,15H,5-8H2,1H3. The molecule has 2 aliphatic rings. The summed E-state index contributed by atoms with van der Waals surface area (Å²) in [4.78, 5) is 0. The quantitative estimate of drug-likeness (QED) is 0.743. The highest BCUT2D eigenvalue weighted by Crippen LogP contribution is 2.57. The number of benzene rings is 1. The van der Waals surface area contributed by atoms with E-state index in [0.717, 1.165) is 18.4 Å². The van der Waals surface area contributed by atoms with E-state index in [1.165, 1.54) is 18.4 Å². The molecule has 0 bridgehead atoms. The van der Waals surface area contributed by atoms with Gasteiger partial charge in [-0.1, -0.05) is 12.1 Å². The van der Waals surface area contributed by atoms with E-state index in [1.54, 1.807) is 6.07 Å². The molecule has 0 heterocycles. The van der Waals surface area contributed by atoms with Gasteiger partial charge >= 0.3 is 0 Å². The summed E-state index contributed by atoms with van der Waals surface area (Å²) in [7, 11) is 1.96. The molecule has 0 aromatic heterocycles. The highest BCUT2D eigenvalue weighted by Gasteiger charge is 2.49. The minimum Gasteiger partial charge on any atom is -0.313 e. The molecule has 1 aromatic rings. The fraction of sp³-hybridized carbons (Fsp3) is 0.538. The Morgan fingerprint density at radius 1 is 1.33 bits per heavy atom. The van der Waals surface area contributed by atoms with Crippen molar-refractivity contribution in [3.63, 3.8) is 0 Å². The van der Waals surface area contributed by atoms with Crippen molar-refractivity contribution in [2.24, 2.45) is 0 Å². The summed E-state index contributed by atoms with van der Waals surface area (Å²) in [5, 5.41) is 3.29. The van der Waals surface area contributed by atoms with Crippen LogP contribution in [0.2, 0.25) is 0 Å². The van der Waals surface area contributed by atoms with E-state index in [4.69, 9.17) is 0 Å². The molecule has 3 rings (SSSR count). The van der Waals surface area contributed by atoms with E-state index >= 15 is 0 Å². The maximum absolute atomic E-state index is 13.9. The maximum Gasteiger partial charge on any atom is 0.127 e. The molecule has 0 aliphatic heterocycles. The predicted octanol–water partition coefficient (Wildman–Crippen LogP) is 2.91. The van der Waals surface area contributed by atoms with Gasteiger partial charge in [0.25, 0.3) is 0 Å². The van der Waals surface area contributed by atoms with Crippen molar-refractivity contribution in [1.29, 1.82) is 0 Å². The third kappa shape index (κ3) is 1.24. The van der Waals surface area contributed by atoms with Gasteiger partial charge in [0, 0.05) is 6.04 Å². The topological polar surface area (TPSA) is 12.0 Å². The van der Waals surface area contributed by atoms with Crippen molar-refractivity contribution >= 4 is 0 Å². The minimum atomic E-state index is 0.00458. The average Bonchev–Trinajstić information content (AvgIpc) is 2.99. The first-order valence-electron chi connectivity index (χ1n) is 5.73. The van der Waals surface area contributed by atoms with E-state index in [2.05, 4.69) is 11.4 Å². The van der Waals surface area contributed by atoms with Gasteiger partial charge in [0.15, 0.2) is 0 Å². The first kappa shape index (κ1) is 9.34. The van der Waals surface area contributed by atoms with Crippen molar-refractivity contribution in [2.75, 3.05) is 7.05 Å². The molecule has 1 atom stereocenters. The lowest BCUT2D eigenvalue weighted by atomic mass is 9.77. The van der Waals surface area contributed by atoms with E-state index in [-0.39, 0.29) is 11.2 Å². The molecule has 1 nitrogen and oxygen atoms in total. The van der Waals surface area contributed by atoms with Crippen LogP contribution in [0.1, 0.15) is 42.9 Å². The van der Waals surface area contributed by atoms with Crippen LogP contribution < -0.4 is 5.32 Å². The van der Waals surface area contributed by atoms with Gasteiger partial charge in [0.2, 0.25) is 0 Å². The maximum atomic E-state index is 13.9. The molecule has 1 aromatic carbocycles. The van der Waals surface area contributed by atoms with E-state index in [1.807, 2.05) is 13.1 Å². The van der Waals surface area contributed by atoms with Crippen molar-refractivity contribution in [3.05, 3.63) is 35.1 Å². The van der Waals surface area contributed by atoms with Crippen LogP contribution in [0.3, 0.4) is 0 Å². The third-order valence-corrected chi connectivity index (χ3v) is 4.07. The molecule has 1 spiro atoms. The average molecular weight is 205 g/mol. The molecule has 0 radical (unpaired) electrons. The van der Waals surface area contributed by atoms with Gasteiger partial charge in [-0.05, 0) is 55.3 Å². The number of nitrogens with one attached hydrogen (secondary N) is 1. The minimum absolute atomic E-state index is 0.00458. The van der Waals surface area contributed by atoms with Crippen LogP contribution in [0.25, 0.3) is 0 Å². The van der Waals surface area contributed by atoms with Gasteiger partial charge in [0.05, 0.1) is 0 Å². The summed E-state index contributed by atoms with van der Waals surface area (Å²) >= 11 is 0. The molecule has 15 heavy (non-hydrogen) atoms. The largest absolute Gasteiger partial charge is 0.313 e. The molecule has 2 aliphatic carbocycles. The first-order valence-corrected chi connectivity index (χ1v) is 5.73. The Kier molecular flexibility index (Phi) is 1.90. The predicted molar refractivity (Wildman–Crippen MR) is 58.3 cm³/mol. The van der Waals surface area contributed by atoms with E-state index in [0.29, 0.717) is 6.04 Å². The summed E-state index contributed by atoms with van der Waals surface area (Å²) in [5.74, 6) is 0.00458. The van der Waals surface area contributed by atoms with Crippen LogP contribution in [0, 0.1) is 5.82 Å². The highest BCUT2D eigenvalue weighted by molar-refractivity contribution is 5.43. The van der Waals surface area contributed by atoms with Crippen LogP contribution in [-0.4, -0.2) is 7.05 Å². The smallest absolute Gasteiger partial charge is 0.127 e. The summed E-state index contributed by atoms with van der Waals surface area (Å²) in [6, 6.07) is 5.87. The van der Waals surface area contributed by atoms with Crippen LogP contribution >= 0.6 is 0 Å². The molecular formula is C13H16FN. The number of fused-ring (bicyclic) bond motifs is 2. The van der Waals surface area contributed by atoms with Gasteiger partial charge in [0.1, 0.15) is 5.82 Å². The molecule has 2 heteroatoms. The van der Waals surface area contributed by atoms with Crippen molar-refractivity contribution in [1.82, 2.24) is 5.32 Å². The van der Waals surface area contributed by atoms with Crippen molar-refractivity contribution < 1.29 is 4.39 Å². The molecule has 1 N–H and O–H groups in total. The molecule has 1 unspecified atom stereocenters. The normalized spacial score (nSPS) is 26.4. The summed E-state index contributed by atoms with van der Waals surface area (Å²) in [6.45, 7) is 0. The second kappa shape index (κ2) is 3.05. The zero-order valence-electron chi connectivity index (χ0n) is 9.02. The van der Waals surface area contributed by atoms with Gasteiger partial charge in [-0.2, -0.15) is 0 Å². The van der Waals surface area contributed by atoms with Crippen molar-refractivity contribution in [3.8, 4) is 0 Å². The Balaban J connectivity index is 2.16. The second-order valence-electron chi connectivity index (χ2n) is 4.86. The van der Waals surface area contributed by atoms with Gasteiger partial charge < -0.3 is 5.32 Å². The van der Waals surface area contributed by atoms with Crippen LogP contribution in [-0.2, 0) is 5.41 Å². The van der Waals surface area contributed by atoms with Crippen molar-refractivity contribution in [2.45, 2.75) is 37.1 Å². The highest BCUT2D eigenvalue weighted by atomic mass is 19.1. The number of hydrogen-bond donors (Lipinski definition) is 1. The Morgan fingerprint density at radius 3 is 2.80 bits per heavy atom. The molecule has 1 saturated carbocycles. The SMILES string of the molecule is CNC1CCC2(CC2)c2c(F)cccc21. The molecule has 1 fully saturated rings. The number of hydrogen-bond acceptors (Lipinski definition) is 1. The van der Waals surface area contributed by atoms with Crippen LogP contribution in [0.4, 0.5) is 4.39 Å². The molecular weight excluding hydrogens is 189 g/mol. The lowest BCUT2D eigenvalue weighted by molar-refractivity contribution is 0.417. The molecule has 0 amide bonds.